The largest absolute Gasteiger partial charge is 0.394 e. The molecule has 1 fully saturated rings. The summed E-state index contributed by atoms with van der Waals surface area (Å²) in [6.45, 7) is 2.94. The Bertz CT molecular complexity index is 855. The van der Waals surface area contributed by atoms with Crippen LogP contribution in [0.2, 0.25) is 0 Å². The quantitative estimate of drug-likeness (QED) is 0.864. The van der Waals surface area contributed by atoms with Gasteiger partial charge in [-0.2, -0.15) is 4.98 Å². The summed E-state index contributed by atoms with van der Waals surface area (Å²) < 4.78 is 21.0. The van der Waals surface area contributed by atoms with E-state index in [1.165, 1.54) is 6.20 Å². The number of hydrogen-bond donors (Lipinski definition) is 2. The zero-order valence-electron chi connectivity index (χ0n) is 14.4. The number of aliphatic hydroxyl groups is 1. The first-order valence-electron chi connectivity index (χ1n) is 8.29. The Balaban J connectivity index is 1.85. The normalized spacial score (nSPS) is 25.2. The number of aromatic nitrogens is 2. The van der Waals surface area contributed by atoms with Crippen LogP contribution in [0.1, 0.15) is 29.1 Å². The first kappa shape index (κ1) is 18.2. The second-order valence-electron chi connectivity index (χ2n) is 6.33. The molecule has 4 atom stereocenters. The molecule has 3 rings (SSSR count). The van der Waals surface area contributed by atoms with E-state index < -0.39 is 36.0 Å². The van der Waals surface area contributed by atoms with Crippen molar-refractivity contribution in [2.75, 3.05) is 11.9 Å². The van der Waals surface area contributed by atoms with Gasteiger partial charge in [-0.3, -0.25) is 9.36 Å². The molecule has 1 unspecified atom stereocenters. The number of benzene rings is 1. The van der Waals surface area contributed by atoms with Crippen LogP contribution in [0.5, 0.6) is 0 Å². The number of ether oxygens (including phenoxy) is 1. The van der Waals surface area contributed by atoms with Crippen LogP contribution in [0.25, 0.3) is 0 Å². The molecule has 7 nitrogen and oxygen atoms in total. The maximum atomic E-state index is 14.5. The van der Waals surface area contributed by atoms with Gasteiger partial charge in [0, 0.05) is 23.2 Å². The molecule has 1 aliphatic rings. The second kappa shape index (κ2) is 7.35. The fourth-order valence-electron chi connectivity index (χ4n) is 2.92. The van der Waals surface area contributed by atoms with Crippen molar-refractivity contribution in [2.24, 2.45) is 5.92 Å². The van der Waals surface area contributed by atoms with Crippen LogP contribution in [0.15, 0.2) is 41.3 Å². The molecule has 138 valence electrons. The summed E-state index contributed by atoms with van der Waals surface area (Å²) in [5, 5.41) is 11.8. The molecule has 1 aliphatic heterocycles. The molecule has 1 amide bonds. The van der Waals surface area contributed by atoms with Crippen molar-refractivity contribution in [3.63, 3.8) is 0 Å². The summed E-state index contributed by atoms with van der Waals surface area (Å²) >= 11 is 0. The zero-order chi connectivity index (χ0) is 18.8. The Morgan fingerprint density at radius 3 is 2.69 bits per heavy atom. The average Bonchev–Trinajstić information content (AvgIpc) is 2.93. The Labute approximate surface area is 149 Å². The maximum Gasteiger partial charge on any atom is 0.351 e. The van der Waals surface area contributed by atoms with Crippen molar-refractivity contribution in [3.05, 3.63) is 58.1 Å². The Morgan fingerprint density at radius 2 is 2.08 bits per heavy atom. The summed E-state index contributed by atoms with van der Waals surface area (Å²) in [5.74, 6) is -0.831. The topological polar surface area (TPSA) is 93.4 Å². The number of aryl methyl sites for hydroxylation is 1. The van der Waals surface area contributed by atoms with Gasteiger partial charge in [0.1, 0.15) is 5.82 Å². The van der Waals surface area contributed by atoms with Crippen LogP contribution in [-0.2, 0) is 4.74 Å². The molecule has 0 saturated carbocycles. The number of nitrogens with one attached hydrogen (secondary N) is 1. The molecule has 2 aromatic rings. The predicted octanol–water partition coefficient (Wildman–Crippen LogP) is 1.67. The first-order valence-corrected chi connectivity index (χ1v) is 8.29. The van der Waals surface area contributed by atoms with E-state index in [9.17, 15) is 19.1 Å². The molecule has 1 aromatic carbocycles. The molecule has 1 aromatic heterocycles. The zero-order valence-corrected chi connectivity index (χ0v) is 14.4. The number of rotatable bonds is 4. The number of amides is 1. The third-order valence-corrected chi connectivity index (χ3v) is 4.53. The minimum absolute atomic E-state index is 0.111. The SMILES string of the molecule is Cc1cn([C@@H]2O[C@H](CO)C(C)[C@@H]2F)c(=O)nc1NC(=O)c1ccccc1. The fourth-order valence-corrected chi connectivity index (χ4v) is 2.92. The van der Waals surface area contributed by atoms with Gasteiger partial charge in [-0.05, 0) is 19.1 Å². The van der Waals surface area contributed by atoms with Gasteiger partial charge >= 0.3 is 5.69 Å². The summed E-state index contributed by atoms with van der Waals surface area (Å²) in [5.41, 5.74) is 0.183. The van der Waals surface area contributed by atoms with Crippen LogP contribution < -0.4 is 11.0 Å². The number of aliphatic hydroxyl groups excluding tert-OH is 1. The van der Waals surface area contributed by atoms with Crippen LogP contribution in [0.4, 0.5) is 10.2 Å². The number of carbonyl (C=O) groups is 1. The second-order valence-corrected chi connectivity index (χ2v) is 6.33. The van der Waals surface area contributed by atoms with Crippen LogP contribution >= 0.6 is 0 Å². The van der Waals surface area contributed by atoms with Gasteiger partial charge in [-0.15, -0.1) is 0 Å². The summed E-state index contributed by atoms with van der Waals surface area (Å²) in [4.78, 5) is 28.4. The molecular formula is C18H20FN3O4. The highest BCUT2D eigenvalue weighted by atomic mass is 19.1. The predicted molar refractivity (Wildman–Crippen MR) is 92.7 cm³/mol. The maximum absolute atomic E-state index is 14.5. The highest BCUT2D eigenvalue weighted by molar-refractivity contribution is 6.03. The van der Waals surface area contributed by atoms with E-state index in [1.807, 2.05) is 0 Å². The molecule has 26 heavy (non-hydrogen) atoms. The number of alkyl halides is 1. The summed E-state index contributed by atoms with van der Waals surface area (Å²) in [6.07, 6.45) is -1.88. The van der Waals surface area contributed by atoms with E-state index in [0.717, 1.165) is 4.57 Å². The number of hydrogen-bond acceptors (Lipinski definition) is 5. The lowest BCUT2D eigenvalue weighted by molar-refractivity contribution is -0.0419. The minimum atomic E-state index is -1.45. The minimum Gasteiger partial charge on any atom is -0.394 e. The number of anilines is 1. The van der Waals surface area contributed by atoms with Crippen molar-refractivity contribution < 1.29 is 19.0 Å². The van der Waals surface area contributed by atoms with Crippen LogP contribution in [-0.4, -0.2) is 39.4 Å². The van der Waals surface area contributed by atoms with E-state index in [4.69, 9.17) is 4.74 Å². The highest BCUT2D eigenvalue weighted by Crippen LogP contribution is 2.35. The number of carbonyl (C=O) groups excluding carboxylic acids is 1. The molecule has 0 spiro atoms. The van der Waals surface area contributed by atoms with Crippen molar-refractivity contribution in [1.82, 2.24) is 9.55 Å². The van der Waals surface area contributed by atoms with Gasteiger partial charge in [-0.25, -0.2) is 9.18 Å². The average molecular weight is 361 g/mol. The Morgan fingerprint density at radius 1 is 1.38 bits per heavy atom. The lowest BCUT2D eigenvalue weighted by atomic mass is 10.0. The van der Waals surface area contributed by atoms with Gasteiger partial charge in [0.05, 0.1) is 12.7 Å². The van der Waals surface area contributed by atoms with Crippen molar-refractivity contribution in [3.8, 4) is 0 Å². The molecule has 0 aliphatic carbocycles. The van der Waals surface area contributed by atoms with Gasteiger partial charge in [0.2, 0.25) is 0 Å². The first-order chi connectivity index (χ1) is 12.4. The smallest absolute Gasteiger partial charge is 0.351 e. The van der Waals surface area contributed by atoms with Gasteiger partial charge in [0.25, 0.3) is 5.91 Å². The number of nitrogens with zero attached hydrogens (tertiary/aromatic N) is 2. The molecule has 1 saturated heterocycles. The van der Waals surface area contributed by atoms with E-state index in [2.05, 4.69) is 10.3 Å². The number of halogens is 1. The Kier molecular flexibility index (Phi) is 5.15. The van der Waals surface area contributed by atoms with Gasteiger partial charge in [0.15, 0.2) is 12.4 Å². The third-order valence-electron chi connectivity index (χ3n) is 4.53. The lowest BCUT2D eigenvalue weighted by Gasteiger charge is -2.18. The fraction of sp³-hybridized carbons (Fsp3) is 0.389. The van der Waals surface area contributed by atoms with Crippen molar-refractivity contribution in [1.29, 1.82) is 0 Å². The molecule has 2 heterocycles. The molecule has 0 radical (unpaired) electrons. The van der Waals surface area contributed by atoms with Crippen molar-refractivity contribution in [2.45, 2.75) is 32.4 Å². The van der Waals surface area contributed by atoms with E-state index >= 15 is 0 Å². The van der Waals surface area contributed by atoms with Gasteiger partial charge in [-0.1, -0.05) is 25.1 Å². The van der Waals surface area contributed by atoms with Crippen LogP contribution in [0, 0.1) is 12.8 Å². The van der Waals surface area contributed by atoms with E-state index in [1.54, 1.807) is 44.2 Å². The monoisotopic (exact) mass is 361 g/mol. The van der Waals surface area contributed by atoms with E-state index in [0.29, 0.717) is 11.1 Å². The third kappa shape index (κ3) is 3.38. The highest BCUT2D eigenvalue weighted by Gasteiger charge is 2.43. The van der Waals surface area contributed by atoms with Crippen LogP contribution in [0.3, 0.4) is 0 Å². The summed E-state index contributed by atoms with van der Waals surface area (Å²) in [7, 11) is 0. The molecule has 2 N–H and O–H groups in total. The standard InChI is InChI=1S/C18H20FN3O4/c1-10-8-22(17-14(19)11(2)13(9-23)26-17)18(25)21-15(10)20-16(24)12-6-4-3-5-7-12/h3-8,11,13-14,17,23H,9H2,1-2H3,(H,20,21,24,25)/t11?,13-,14+,17-/m1/s1. The molecule has 0 bridgehead atoms. The molecular weight excluding hydrogens is 341 g/mol. The summed E-state index contributed by atoms with van der Waals surface area (Å²) in [6, 6.07) is 8.53. The Hall–Kier alpha value is -2.58. The van der Waals surface area contributed by atoms with Crippen molar-refractivity contribution >= 4 is 11.7 Å². The van der Waals surface area contributed by atoms with Gasteiger partial charge < -0.3 is 15.2 Å². The lowest BCUT2D eigenvalue weighted by Crippen LogP contribution is -2.32. The van der Waals surface area contributed by atoms with E-state index in [-0.39, 0.29) is 12.4 Å². The molecule has 8 heteroatoms.